The zero-order valence-electron chi connectivity index (χ0n) is 10.9. The molecule has 0 aromatic carbocycles. The SMILES string of the molecule is CC(C)(O)CN1CCN(C(=O)c2cn[nH]c2)CC1. The van der Waals surface area contributed by atoms with Crippen LogP contribution in [0.3, 0.4) is 0 Å². The van der Waals surface area contributed by atoms with Crippen molar-refractivity contribution >= 4 is 5.91 Å². The van der Waals surface area contributed by atoms with Crippen LogP contribution in [0.5, 0.6) is 0 Å². The number of rotatable bonds is 3. The first kappa shape index (κ1) is 13.0. The van der Waals surface area contributed by atoms with Crippen LogP contribution in [0.15, 0.2) is 12.4 Å². The van der Waals surface area contributed by atoms with Gasteiger partial charge in [-0.05, 0) is 13.8 Å². The third-order valence-corrected chi connectivity index (χ3v) is 3.02. The van der Waals surface area contributed by atoms with Crippen LogP contribution >= 0.6 is 0 Å². The van der Waals surface area contributed by atoms with Crippen molar-refractivity contribution in [2.75, 3.05) is 32.7 Å². The summed E-state index contributed by atoms with van der Waals surface area (Å²) >= 11 is 0. The van der Waals surface area contributed by atoms with Gasteiger partial charge in [-0.25, -0.2) is 0 Å². The molecule has 2 heterocycles. The molecule has 1 aromatic heterocycles. The lowest BCUT2D eigenvalue weighted by Crippen LogP contribution is -2.51. The maximum absolute atomic E-state index is 12.1. The van der Waals surface area contributed by atoms with Gasteiger partial charge >= 0.3 is 0 Å². The number of nitrogens with one attached hydrogen (secondary N) is 1. The van der Waals surface area contributed by atoms with Crippen LogP contribution in [0.4, 0.5) is 0 Å². The summed E-state index contributed by atoms with van der Waals surface area (Å²) in [5.41, 5.74) is -0.0811. The lowest BCUT2D eigenvalue weighted by Gasteiger charge is -2.37. The molecule has 6 nitrogen and oxygen atoms in total. The minimum absolute atomic E-state index is 0.0201. The number of carbonyl (C=O) groups is 1. The third kappa shape index (κ3) is 3.30. The van der Waals surface area contributed by atoms with Crippen molar-refractivity contribution < 1.29 is 9.90 Å². The number of amides is 1. The molecule has 0 bridgehead atoms. The highest BCUT2D eigenvalue weighted by molar-refractivity contribution is 5.93. The molecule has 1 aliphatic heterocycles. The lowest BCUT2D eigenvalue weighted by atomic mass is 10.1. The number of aromatic nitrogens is 2. The first-order chi connectivity index (χ1) is 8.46. The van der Waals surface area contributed by atoms with E-state index in [2.05, 4.69) is 15.1 Å². The summed E-state index contributed by atoms with van der Waals surface area (Å²) in [5.74, 6) is 0.0201. The van der Waals surface area contributed by atoms with Gasteiger partial charge in [-0.15, -0.1) is 0 Å². The van der Waals surface area contributed by atoms with E-state index in [0.717, 1.165) is 13.1 Å². The Hall–Kier alpha value is -1.40. The number of hydrogen-bond acceptors (Lipinski definition) is 4. The molecule has 100 valence electrons. The molecule has 0 atom stereocenters. The number of nitrogens with zero attached hydrogens (tertiary/aromatic N) is 3. The Labute approximate surface area is 107 Å². The highest BCUT2D eigenvalue weighted by Gasteiger charge is 2.25. The second-order valence-corrected chi connectivity index (χ2v) is 5.37. The summed E-state index contributed by atoms with van der Waals surface area (Å²) in [7, 11) is 0. The van der Waals surface area contributed by atoms with Gasteiger partial charge in [0.15, 0.2) is 0 Å². The van der Waals surface area contributed by atoms with Crippen molar-refractivity contribution in [3.05, 3.63) is 18.0 Å². The Bertz CT molecular complexity index is 389. The van der Waals surface area contributed by atoms with Crippen LogP contribution in [0, 0.1) is 0 Å². The standard InChI is InChI=1S/C12H20N4O2/c1-12(2,18)9-15-3-5-16(6-4-15)11(17)10-7-13-14-8-10/h7-8,18H,3-6,9H2,1-2H3,(H,13,14). The van der Waals surface area contributed by atoms with Gasteiger partial charge in [0.1, 0.15) is 0 Å². The molecule has 2 rings (SSSR count). The number of carbonyl (C=O) groups excluding carboxylic acids is 1. The average molecular weight is 252 g/mol. The number of hydrogen-bond donors (Lipinski definition) is 2. The van der Waals surface area contributed by atoms with E-state index >= 15 is 0 Å². The van der Waals surface area contributed by atoms with Gasteiger partial charge in [0, 0.05) is 38.9 Å². The van der Waals surface area contributed by atoms with Gasteiger partial charge in [0.05, 0.1) is 17.4 Å². The first-order valence-electron chi connectivity index (χ1n) is 6.18. The van der Waals surface area contributed by atoms with Crippen molar-refractivity contribution in [2.24, 2.45) is 0 Å². The maximum Gasteiger partial charge on any atom is 0.257 e. The monoisotopic (exact) mass is 252 g/mol. The minimum atomic E-state index is -0.684. The fraction of sp³-hybridized carbons (Fsp3) is 0.667. The van der Waals surface area contributed by atoms with E-state index in [1.807, 2.05) is 4.90 Å². The molecular formula is C12H20N4O2. The molecule has 0 aliphatic carbocycles. The molecule has 18 heavy (non-hydrogen) atoms. The Balaban J connectivity index is 1.85. The molecule has 2 N–H and O–H groups in total. The van der Waals surface area contributed by atoms with Gasteiger partial charge in [-0.2, -0.15) is 5.10 Å². The Kier molecular flexibility index (Phi) is 3.68. The normalized spacial score (nSPS) is 18.1. The zero-order valence-corrected chi connectivity index (χ0v) is 10.9. The maximum atomic E-state index is 12.1. The highest BCUT2D eigenvalue weighted by Crippen LogP contribution is 2.10. The summed E-state index contributed by atoms with van der Waals surface area (Å²) in [6.07, 6.45) is 3.16. The number of aliphatic hydroxyl groups is 1. The molecule has 0 spiro atoms. The van der Waals surface area contributed by atoms with Gasteiger partial charge in [-0.3, -0.25) is 14.8 Å². The topological polar surface area (TPSA) is 72.5 Å². The van der Waals surface area contributed by atoms with E-state index in [9.17, 15) is 9.90 Å². The fourth-order valence-electron chi connectivity index (χ4n) is 2.21. The quantitative estimate of drug-likeness (QED) is 0.790. The fourth-order valence-corrected chi connectivity index (χ4v) is 2.21. The second kappa shape index (κ2) is 5.07. The van der Waals surface area contributed by atoms with Crippen molar-refractivity contribution in [2.45, 2.75) is 19.4 Å². The number of piperazine rings is 1. The highest BCUT2D eigenvalue weighted by atomic mass is 16.3. The molecule has 0 radical (unpaired) electrons. The molecule has 1 saturated heterocycles. The van der Waals surface area contributed by atoms with Crippen molar-refractivity contribution in [1.82, 2.24) is 20.0 Å². The number of β-amino-alcohol motifs (C(OH)–C–C–N with tert-alkyl or cyclic N) is 1. The van der Waals surface area contributed by atoms with E-state index in [-0.39, 0.29) is 5.91 Å². The molecule has 1 aliphatic rings. The van der Waals surface area contributed by atoms with Crippen LogP contribution < -0.4 is 0 Å². The second-order valence-electron chi connectivity index (χ2n) is 5.37. The predicted molar refractivity (Wildman–Crippen MR) is 67.2 cm³/mol. The van der Waals surface area contributed by atoms with Crippen LogP contribution in [0.25, 0.3) is 0 Å². The van der Waals surface area contributed by atoms with Crippen LogP contribution in [-0.2, 0) is 0 Å². The van der Waals surface area contributed by atoms with E-state index < -0.39 is 5.60 Å². The first-order valence-corrected chi connectivity index (χ1v) is 6.18. The molecule has 1 amide bonds. The van der Waals surface area contributed by atoms with E-state index in [1.165, 1.54) is 0 Å². The van der Waals surface area contributed by atoms with Crippen LogP contribution in [0.1, 0.15) is 24.2 Å². The van der Waals surface area contributed by atoms with E-state index in [1.54, 1.807) is 26.2 Å². The van der Waals surface area contributed by atoms with Crippen LogP contribution in [-0.4, -0.2) is 69.3 Å². The van der Waals surface area contributed by atoms with Gasteiger partial charge in [0.2, 0.25) is 0 Å². The summed E-state index contributed by atoms with van der Waals surface area (Å²) in [5, 5.41) is 16.2. The summed E-state index contributed by atoms with van der Waals surface area (Å²) < 4.78 is 0. The van der Waals surface area contributed by atoms with Gasteiger partial charge in [-0.1, -0.05) is 0 Å². The van der Waals surface area contributed by atoms with Crippen LogP contribution in [0.2, 0.25) is 0 Å². The number of aromatic amines is 1. The molecule has 0 saturated carbocycles. The minimum Gasteiger partial charge on any atom is -0.389 e. The van der Waals surface area contributed by atoms with E-state index in [0.29, 0.717) is 25.2 Å². The summed E-state index contributed by atoms with van der Waals surface area (Å²) in [4.78, 5) is 16.1. The van der Waals surface area contributed by atoms with E-state index in [4.69, 9.17) is 0 Å². The Morgan fingerprint density at radius 3 is 2.61 bits per heavy atom. The molecule has 1 fully saturated rings. The lowest BCUT2D eigenvalue weighted by molar-refractivity contribution is 0.0178. The van der Waals surface area contributed by atoms with Crippen molar-refractivity contribution in [1.29, 1.82) is 0 Å². The van der Waals surface area contributed by atoms with Crippen molar-refractivity contribution in [3.63, 3.8) is 0 Å². The van der Waals surface area contributed by atoms with Gasteiger partial charge in [0.25, 0.3) is 5.91 Å². The third-order valence-electron chi connectivity index (χ3n) is 3.02. The largest absolute Gasteiger partial charge is 0.389 e. The number of H-pyrrole nitrogens is 1. The van der Waals surface area contributed by atoms with Gasteiger partial charge < -0.3 is 10.0 Å². The molecule has 1 aromatic rings. The summed E-state index contributed by atoms with van der Waals surface area (Å²) in [6.45, 7) is 7.23. The molecular weight excluding hydrogens is 232 g/mol. The predicted octanol–water partition coefficient (Wildman–Crippen LogP) is -0.0616. The smallest absolute Gasteiger partial charge is 0.257 e. The summed E-state index contributed by atoms with van der Waals surface area (Å²) in [6, 6.07) is 0. The average Bonchev–Trinajstić information content (AvgIpc) is 2.80. The molecule has 6 heteroatoms. The van der Waals surface area contributed by atoms with Crippen molar-refractivity contribution in [3.8, 4) is 0 Å². The zero-order chi connectivity index (χ0) is 13.2. The Morgan fingerprint density at radius 2 is 2.11 bits per heavy atom. The molecule has 0 unspecified atom stereocenters. The Morgan fingerprint density at radius 1 is 1.44 bits per heavy atom.